The molecule has 0 radical (unpaired) electrons. The summed E-state index contributed by atoms with van der Waals surface area (Å²) in [6.07, 6.45) is 2.01. The Balaban J connectivity index is 1.63. The van der Waals surface area contributed by atoms with Gasteiger partial charge < -0.3 is 24.7 Å². The number of methoxy groups -OCH3 is 1. The maximum atomic E-state index is 13.0. The summed E-state index contributed by atoms with van der Waals surface area (Å²) < 4.78 is 13.6. The predicted molar refractivity (Wildman–Crippen MR) is 127 cm³/mol. The van der Waals surface area contributed by atoms with E-state index in [9.17, 15) is 4.79 Å². The first-order valence-electron chi connectivity index (χ1n) is 10.6. The molecule has 1 aromatic heterocycles. The quantitative estimate of drug-likeness (QED) is 0.514. The highest BCUT2D eigenvalue weighted by Crippen LogP contribution is 2.33. The van der Waals surface area contributed by atoms with Gasteiger partial charge in [-0.2, -0.15) is 12.6 Å². The summed E-state index contributed by atoms with van der Waals surface area (Å²) in [5, 5.41) is 0. The fourth-order valence-electron chi connectivity index (χ4n) is 3.95. The zero-order valence-corrected chi connectivity index (χ0v) is 18.9. The Morgan fingerprint density at radius 3 is 2.69 bits per heavy atom. The van der Waals surface area contributed by atoms with Crippen molar-refractivity contribution in [3.63, 3.8) is 0 Å². The molecule has 0 saturated carbocycles. The lowest BCUT2D eigenvalue weighted by atomic mass is 10.1. The van der Waals surface area contributed by atoms with Crippen LogP contribution in [-0.4, -0.2) is 52.4 Å². The molecule has 2 aromatic carbocycles. The Hall–Kier alpha value is -2.81. The topological polar surface area (TPSA) is 82.6 Å². The third-order valence-corrected chi connectivity index (χ3v) is 6.02. The second-order valence-electron chi connectivity index (χ2n) is 7.72. The Bertz CT molecular complexity index is 1060. The predicted octanol–water partition coefficient (Wildman–Crippen LogP) is 2.92. The molecule has 2 heterocycles. The van der Waals surface area contributed by atoms with E-state index in [0.29, 0.717) is 26.3 Å². The highest BCUT2D eigenvalue weighted by molar-refractivity contribution is 7.80. The Labute approximate surface area is 193 Å². The molecule has 168 valence electrons. The number of carbonyl (C=O) groups excluding carboxylic acids is 1. The molecule has 0 fully saturated rings. The molecule has 3 aromatic rings. The summed E-state index contributed by atoms with van der Waals surface area (Å²) >= 11 is 4.21. The first-order chi connectivity index (χ1) is 15.6. The molecule has 2 N–H and O–H groups in total. The molecule has 7 nitrogen and oxygen atoms in total. The van der Waals surface area contributed by atoms with E-state index in [0.717, 1.165) is 28.4 Å². The average Bonchev–Trinajstić information content (AvgIpc) is 3.28. The number of carbonyl (C=O) groups is 1. The first-order valence-corrected chi connectivity index (χ1v) is 11.2. The van der Waals surface area contributed by atoms with Crippen LogP contribution < -0.4 is 10.5 Å². The van der Waals surface area contributed by atoms with Gasteiger partial charge in [0.15, 0.2) is 0 Å². The van der Waals surface area contributed by atoms with Gasteiger partial charge >= 0.3 is 0 Å². The van der Waals surface area contributed by atoms with E-state index in [1.54, 1.807) is 12.0 Å². The van der Waals surface area contributed by atoms with E-state index in [2.05, 4.69) is 17.2 Å². The normalized spacial score (nSPS) is 16.5. The Kier molecular flexibility index (Phi) is 7.14. The molecule has 32 heavy (non-hydrogen) atoms. The zero-order chi connectivity index (χ0) is 22.5. The molecule has 0 saturated heterocycles. The van der Waals surface area contributed by atoms with E-state index in [1.165, 1.54) is 0 Å². The molecule has 4 rings (SSSR count). The summed E-state index contributed by atoms with van der Waals surface area (Å²) in [6, 6.07) is 16.7. The van der Waals surface area contributed by atoms with Crippen molar-refractivity contribution in [2.24, 2.45) is 5.73 Å². The third kappa shape index (κ3) is 4.67. The van der Waals surface area contributed by atoms with Crippen LogP contribution in [0.1, 0.15) is 17.4 Å². The molecule has 1 amide bonds. The van der Waals surface area contributed by atoms with Gasteiger partial charge in [-0.05, 0) is 17.7 Å². The summed E-state index contributed by atoms with van der Waals surface area (Å²) in [6.45, 7) is 1.95. The van der Waals surface area contributed by atoms with Gasteiger partial charge in [-0.1, -0.05) is 42.5 Å². The number of fused-ring (bicyclic) bond motifs is 1. The maximum Gasteiger partial charge on any atom is 0.241 e. The van der Waals surface area contributed by atoms with Gasteiger partial charge in [0.05, 0.1) is 32.1 Å². The number of hydrogen-bond acceptors (Lipinski definition) is 6. The molecule has 0 spiro atoms. The van der Waals surface area contributed by atoms with Crippen LogP contribution in [0.3, 0.4) is 0 Å². The van der Waals surface area contributed by atoms with Gasteiger partial charge in [0.2, 0.25) is 5.91 Å². The van der Waals surface area contributed by atoms with Crippen LogP contribution in [0.15, 0.2) is 60.8 Å². The number of rotatable bonds is 8. The Morgan fingerprint density at radius 1 is 1.19 bits per heavy atom. The Morgan fingerprint density at radius 2 is 1.94 bits per heavy atom. The zero-order valence-electron chi connectivity index (χ0n) is 18.1. The highest BCUT2D eigenvalue weighted by Gasteiger charge is 2.35. The number of hydrogen-bond donors (Lipinski definition) is 2. The number of para-hydroxylation sites is 1. The number of nitrogens with zero attached hydrogens (tertiary/aromatic N) is 3. The smallest absolute Gasteiger partial charge is 0.241 e. The first kappa shape index (κ1) is 22.4. The van der Waals surface area contributed by atoms with E-state index in [4.69, 9.17) is 20.2 Å². The lowest BCUT2D eigenvalue weighted by molar-refractivity contribution is -0.137. The number of benzene rings is 2. The van der Waals surface area contributed by atoms with E-state index in [1.807, 2.05) is 60.8 Å². The minimum atomic E-state index is -0.662. The van der Waals surface area contributed by atoms with Crippen LogP contribution in [0.4, 0.5) is 0 Å². The molecule has 0 bridgehead atoms. The van der Waals surface area contributed by atoms with Crippen LogP contribution in [0, 0.1) is 0 Å². The molecular weight excluding hydrogens is 424 g/mol. The van der Waals surface area contributed by atoms with Crippen molar-refractivity contribution in [2.45, 2.75) is 25.2 Å². The van der Waals surface area contributed by atoms with Crippen molar-refractivity contribution in [1.82, 2.24) is 14.5 Å². The molecule has 1 aliphatic rings. The van der Waals surface area contributed by atoms with Gasteiger partial charge in [0.1, 0.15) is 17.6 Å². The van der Waals surface area contributed by atoms with Crippen molar-refractivity contribution < 1.29 is 14.3 Å². The fourth-order valence-corrected chi connectivity index (χ4v) is 4.11. The molecule has 2 atom stereocenters. The molecule has 2 unspecified atom stereocenters. The number of imidazole rings is 1. The number of thiol groups is 1. The summed E-state index contributed by atoms with van der Waals surface area (Å²) in [4.78, 5) is 19.7. The fraction of sp³-hybridized carbons (Fsp3) is 0.333. The number of aromatic nitrogens is 2. The molecule has 0 aliphatic carbocycles. The third-order valence-electron chi connectivity index (χ3n) is 5.63. The largest absolute Gasteiger partial charge is 0.496 e. The molecule has 8 heteroatoms. The van der Waals surface area contributed by atoms with Gasteiger partial charge in [-0.3, -0.25) is 4.79 Å². The SMILES string of the molecule is COc1ccccc1-c1cn2c(n1)C(COCc1ccccc1)N(C(=O)C(N)CS)CC2. The van der Waals surface area contributed by atoms with Crippen molar-refractivity contribution in [1.29, 1.82) is 0 Å². The summed E-state index contributed by atoms with van der Waals surface area (Å²) in [5.41, 5.74) is 8.82. The highest BCUT2D eigenvalue weighted by atomic mass is 32.1. The van der Waals surface area contributed by atoms with Crippen molar-refractivity contribution in [2.75, 3.05) is 26.0 Å². The van der Waals surface area contributed by atoms with Crippen LogP contribution in [0.2, 0.25) is 0 Å². The lowest BCUT2D eigenvalue weighted by Gasteiger charge is -2.37. The van der Waals surface area contributed by atoms with Crippen LogP contribution >= 0.6 is 12.6 Å². The summed E-state index contributed by atoms with van der Waals surface area (Å²) in [7, 11) is 1.65. The monoisotopic (exact) mass is 452 g/mol. The van der Waals surface area contributed by atoms with Crippen molar-refractivity contribution in [3.05, 3.63) is 72.2 Å². The van der Waals surface area contributed by atoms with Crippen molar-refractivity contribution >= 4 is 18.5 Å². The maximum absolute atomic E-state index is 13.0. The van der Waals surface area contributed by atoms with E-state index < -0.39 is 6.04 Å². The minimum absolute atomic E-state index is 0.138. The average molecular weight is 453 g/mol. The lowest BCUT2D eigenvalue weighted by Crippen LogP contribution is -2.51. The van der Waals surface area contributed by atoms with Gasteiger partial charge in [0.25, 0.3) is 0 Å². The molecule has 1 aliphatic heterocycles. The number of ether oxygens (including phenoxy) is 2. The van der Waals surface area contributed by atoms with Crippen LogP contribution in [0.25, 0.3) is 11.3 Å². The van der Waals surface area contributed by atoms with Gasteiger partial charge in [-0.25, -0.2) is 4.98 Å². The minimum Gasteiger partial charge on any atom is -0.496 e. The standard InChI is InChI=1S/C24H28N4O3S/c1-30-22-10-6-5-9-18(22)20-13-27-11-12-28(24(29)19(25)16-32)21(23(27)26-20)15-31-14-17-7-3-2-4-8-17/h2-10,13,19,21,32H,11-12,14-16,25H2,1H3. The van der Waals surface area contributed by atoms with Crippen LogP contribution in [-0.2, 0) is 22.7 Å². The van der Waals surface area contributed by atoms with Crippen molar-refractivity contribution in [3.8, 4) is 17.0 Å². The van der Waals surface area contributed by atoms with E-state index >= 15 is 0 Å². The molecular formula is C24H28N4O3S. The second-order valence-corrected chi connectivity index (χ2v) is 8.08. The summed E-state index contributed by atoms with van der Waals surface area (Å²) in [5.74, 6) is 1.68. The van der Waals surface area contributed by atoms with Crippen LogP contribution in [0.5, 0.6) is 5.75 Å². The number of amides is 1. The van der Waals surface area contributed by atoms with Gasteiger partial charge in [0, 0.05) is 30.6 Å². The second kappa shape index (κ2) is 10.2. The van der Waals surface area contributed by atoms with Gasteiger partial charge in [-0.15, -0.1) is 0 Å². The van der Waals surface area contributed by atoms with E-state index in [-0.39, 0.29) is 17.7 Å². The number of nitrogens with two attached hydrogens (primary N) is 1.